The quantitative estimate of drug-likeness (QED) is 0.0827. The molecule has 1 aliphatic heterocycles. The van der Waals surface area contributed by atoms with Crippen LogP contribution in [0.25, 0.3) is 0 Å². The van der Waals surface area contributed by atoms with Crippen molar-refractivity contribution < 1.29 is 49.2 Å². The normalized spacial score (nSPS) is 19.7. The van der Waals surface area contributed by atoms with E-state index in [9.17, 15) is 25.5 Å². The number of hydrogen-bond donors (Lipinski definition) is 9. The van der Waals surface area contributed by atoms with Crippen molar-refractivity contribution in [3.8, 4) is 23.0 Å². The number of anilines is 1. The van der Waals surface area contributed by atoms with E-state index < -0.39 is 37.1 Å². The van der Waals surface area contributed by atoms with E-state index in [4.69, 9.17) is 23.7 Å². The van der Waals surface area contributed by atoms with Crippen LogP contribution in [0, 0.1) is 0 Å². The van der Waals surface area contributed by atoms with Crippen LogP contribution in [0.15, 0.2) is 60.7 Å². The molecular formula is C36H52N4O10. The largest absolute Gasteiger partial charge is 0.507 e. The maximum absolute atomic E-state index is 11.1. The van der Waals surface area contributed by atoms with Crippen LogP contribution in [0.2, 0.25) is 0 Å². The SMILES string of the molecule is CCOC(O)c1ccc(NC2NC(c3ccc(OCC(O)COC(C)C)cc3O)NC(c3ccc(OCC(O)COC(C)C)cc3O)N2)cc1. The highest BCUT2D eigenvalue weighted by atomic mass is 16.6. The van der Waals surface area contributed by atoms with Gasteiger partial charge in [-0.2, -0.15) is 0 Å². The molecular weight excluding hydrogens is 648 g/mol. The molecule has 0 aromatic heterocycles. The van der Waals surface area contributed by atoms with Crippen molar-refractivity contribution in [1.82, 2.24) is 16.0 Å². The second-order valence-corrected chi connectivity index (χ2v) is 12.5. The number of ether oxygens (including phenoxy) is 5. The number of phenolic OH excluding ortho intramolecular Hbond substituents is 2. The third-order valence-corrected chi connectivity index (χ3v) is 7.59. The fourth-order valence-electron chi connectivity index (χ4n) is 5.05. The van der Waals surface area contributed by atoms with Gasteiger partial charge in [0, 0.05) is 41.1 Å². The summed E-state index contributed by atoms with van der Waals surface area (Å²) in [7, 11) is 0. The van der Waals surface area contributed by atoms with Crippen molar-refractivity contribution in [3.05, 3.63) is 77.4 Å². The summed E-state index contributed by atoms with van der Waals surface area (Å²) in [5.74, 6) is 0.640. The summed E-state index contributed by atoms with van der Waals surface area (Å²) in [4.78, 5) is 0. The van der Waals surface area contributed by atoms with E-state index in [1.54, 1.807) is 55.5 Å². The van der Waals surface area contributed by atoms with Gasteiger partial charge in [0.05, 0.1) is 37.8 Å². The Kier molecular flexibility index (Phi) is 14.9. The van der Waals surface area contributed by atoms with Gasteiger partial charge in [0.15, 0.2) is 6.29 Å². The topological polar surface area (TPSA) is 195 Å². The Morgan fingerprint density at radius 1 is 0.640 bits per heavy atom. The molecule has 3 aromatic carbocycles. The molecule has 5 atom stereocenters. The number of phenols is 2. The van der Waals surface area contributed by atoms with E-state index in [2.05, 4.69) is 21.3 Å². The molecule has 0 saturated carbocycles. The molecule has 276 valence electrons. The lowest BCUT2D eigenvalue weighted by atomic mass is 10.1. The van der Waals surface area contributed by atoms with Gasteiger partial charge in [0.2, 0.25) is 0 Å². The first kappa shape index (κ1) is 39.1. The smallest absolute Gasteiger partial charge is 0.181 e. The van der Waals surface area contributed by atoms with E-state index in [1.807, 2.05) is 27.7 Å². The summed E-state index contributed by atoms with van der Waals surface area (Å²) in [5.41, 5.74) is 2.35. The predicted molar refractivity (Wildman–Crippen MR) is 187 cm³/mol. The maximum Gasteiger partial charge on any atom is 0.181 e. The highest BCUT2D eigenvalue weighted by molar-refractivity contribution is 5.47. The first-order valence-corrected chi connectivity index (χ1v) is 16.9. The van der Waals surface area contributed by atoms with Crippen LogP contribution in [-0.4, -0.2) is 89.3 Å². The fraction of sp³-hybridized carbons (Fsp3) is 0.500. The molecule has 14 heteroatoms. The van der Waals surface area contributed by atoms with E-state index in [0.717, 1.165) is 5.69 Å². The summed E-state index contributed by atoms with van der Waals surface area (Å²) < 4.78 is 27.5. The summed E-state index contributed by atoms with van der Waals surface area (Å²) in [5, 5.41) is 66.2. The average Bonchev–Trinajstić information content (AvgIpc) is 3.08. The van der Waals surface area contributed by atoms with Gasteiger partial charge in [0.25, 0.3) is 0 Å². The van der Waals surface area contributed by atoms with Crippen LogP contribution < -0.4 is 30.7 Å². The summed E-state index contributed by atoms with van der Waals surface area (Å²) in [6.07, 6.45) is -4.55. The van der Waals surface area contributed by atoms with Crippen molar-refractivity contribution in [2.45, 2.75) is 83.9 Å². The summed E-state index contributed by atoms with van der Waals surface area (Å²) >= 11 is 0. The van der Waals surface area contributed by atoms with E-state index >= 15 is 0 Å². The molecule has 50 heavy (non-hydrogen) atoms. The molecule has 0 radical (unpaired) electrons. The van der Waals surface area contributed by atoms with E-state index in [0.29, 0.717) is 34.8 Å². The lowest BCUT2D eigenvalue weighted by Gasteiger charge is -2.40. The first-order chi connectivity index (χ1) is 23.9. The van der Waals surface area contributed by atoms with E-state index in [1.165, 1.54) is 12.1 Å². The zero-order chi connectivity index (χ0) is 36.2. The molecule has 0 bridgehead atoms. The number of aromatic hydroxyl groups is 2. The molecule has 3 aromatic rings. The maximum atomic E-state index is 11.1. The predicted octanol–water partition coefficient (Wildman–Crippen LogP) is 3.33. The van der Waals surface area contributed by atoms with Crippen LogP contribution >= 0.6 is 0 Å². The van der Waals surface area contributed by atoms with Gasteiger partial charge in [-0.1, -0.05) is 12.1 Å². The third kappa shape index (κ3) is 12.0. The fourth-order valence-corrected chi connectivity index (χ4v) is 5.05. The highest BCUT2D eigenvalue weighted by Crippen LogP contribution is 2.34. The number of aliphatic hydroxyl groups is 3. The highest BCUT2D eigenvalue weighted by Gasteiger charge is 2.32. The van der Waals surface area contributed by atoms with Crippen LogP contribution in [0.4, 0.5) is 5.69 Å². The molecule has 1 fully saturated rings. The van der Waals surface area contributed by atoms with Crippen LogP contribution in [0.5, 0.6) is 23.0 Å². The number of hydrogen-bond acceptors (Lipinski definition) is 14. The molecule has 1 aliphatic rings. The molecule has 9 N–H and O–H groups in total. The Morgan fingerprint density at radius 3 is 1.54 bits per heavy atom. The number of benzene rings is 3. The Hall–Kier alpha value is -3.70. The van der Waals surface area contributed by atoms with Gasteiger partial charge in [-0.05, 0) is 71.0 Å². The van der Waals surface area contributed by atoms with Crippen molar-refractivity contribution in [2.75, 3.05) is 38.4 Å². The standard InChI is InChI=1S/C36H52N4O10/c1-6-46-35(45)23-7-9-24(10-8-23)37-36-39-33(29-13-11-27(15-31(29)43)49-19-25(41)17-47-21(2)3)38-34(40-36)30-14-12-28(16-32(30)44)50-20-26(42)18-48-22(4)5/h7-16,21-22,25-26,33-45H,6,17-20H2,1-5H3. The minimum atomic E-state index is -1.03. The third-order valence-electron chi connectivity index (χ3n) is 7.59. The molecule has 5 unspecified atom stereocenters. The zero-order valence-corrected chi connectivity index (χ0v) is 29.2. The van der Waals surface area contributed by atoms with Crippen LogP contribution in [0.3, 0.4) is 0 Å². The second-order valence-electron chi connectivity index (χ2n) is 12.5. The second kappa shape index (κ2) is 19.1. The summed E-state index contributed by atoms with van der Waals surface area (Å²) in [6, 6.07) is 16.9. The van der Waals surface area contributed by atoms with Crippen molar-refractivity contribution in [2.24, 2.45) is 0 Å². The van der Waals surface area contributed by atoms with E-state index in [-0.39, 0.29) is 50.1 Å². The van der Waals surface area contributed by atoms with Gasteiger partial charge in [-0.25, -0.2) is 0 Å². The van der Waals surface area contributed by atoms with Crippen molar-refractivity contribution in [1.29, 1.82) is 0 Å². The molecule has 0 amide bonds. The Labute approximate surface area is 293 Å². The zero-order valence-electron chi connectivity index (χ0n) is 29.2. The number of rotatable bonds is 19. The molecule has 4 rings (SSSR count). The minimum Gasteiger partial charge on any atom is -0.507 e. The Morgan fingerprint density at radius 2 is 1.12 bits per heavy atom. The van der Waals surface area contributed by atoms with Crippen LogP contribution in [-0.2, 0) is 14.2 Å². The first-order valence-electron chi connectivity index (χ1n) is 16.9. The molecule has 14 nitrogen and oxygen atoms in total. The number of nitrogens with one attached hydrogen (secondary N) is 4. The lowest BCUT2D eigenvalue weighted by molar-refractivity contribution is -0.0979. The lowest BCUT2D eigenvalue weighted by Crippen LogP contribution is -2.61. The monoisotopic (exact) mass is 700 g/mol. The Bertz CT molecular complexity index is 1380. The molecule has 1 saturated heterocycles. The van der Waals surface area contributed by atoms with Crippen molar-refractivity contribution in [3.63, 3.8) is 0 Å². The summed E-state index contributed by atoms with van der Waals surface area (Å²) in [6.45, 7) is 9.95. The van der Waals surface area contributed by atoms with Gasteiger partial charge in [-0.3, -0.25) is 16.0 Å². The number of aliphatic hydroxyl groups excluding tert-OH is 3. The minimum absolute atomic E-state index is 0.00647. The van der Waals surface area contributed by atoms with Gasteiger partial charge < -0.3 is 54.5 Å². The average molecular weight is 701 g/mol. The molecule has 1 heterocycles. The van der Waals surface area contributed by atoms with Gasteiger partial charge >= 0.3 is 0 Å². The van der Waals surface area contributed by atoms with Crippen LogP contribution in [0.1, 0.15) is 69.9 Å². The Balaban J connectivity index is 1.51. The molecule has 0 aliphatic carbocycles. The molecule has 0 spiro atoms. The van der Waals surface area contributed by atoms with Crippen molar-refractivity contribution >= 4 is 5.69 Å². The van der Waals surface area contributed by atoms with Gasteiger partial charge in [0.1, 0.15) is 54.7 Å². The van der Waals surface area contributed by atoms with Gasteiger partial charge in [-0.15, -0.1) is 0 Å².